The first kappa shape index (κ1) is 19.7. The van der Waals surface area contributed by atoms with Crippen molar-refractivity contribution in [2.24, 2.45) is 4.99 Å². The molecule has 0 amide bonds. The van der Waals surface area contributed by atoms with Gasteiger partial charge in [-0.15, -0.1) is 0 Å². The van der Waals surface area contributed by atoms with E-state index in [0.717, 1.165) is 26.1 Å². The van der Waals surface area contributed by atoms with Crippen molar-refractivity contribution >= 4 is 15.8 Å². The van der Waals surface area contributed by atoms with E-state index in [2.05, 4.69) is 51.7 Å². The number of guanidine groups is 1. The molecule has 25 heavy (non-hydrogen) atoms. The van der Waals surface area contributed by atoms with Crippen LogP contribution in [0.5, 0.6) is 0 Å². The van der Waals surface area contributed by atoms with Crippen LogP contribution in [-0.4, -0.2) is 63.0 Å². The monoisotopic (exact) mass is 366 g/mol. The highest BCUT2D eigenvalue weighted by Crippen LogP contribution is 2.20. The second-order valence-corrected chi connectivity index (χ2v) is 8.99. The Balaban J connectivity index is 1.90. The molecular formula is C18H30N4O2S. The molecule has 0 aromatic heterocycles. The first-order valence-corrected chi connectivity index (χ1v) is 10.9. The molecule has 0 radical (unpaired) electrons. The number of benzene rings is 1. The van der Waals surface area contributed by atoms with Crippen molar-refractivity contribution in [1.29, 1.82) is 0 Å². The van der Waals surface area contributed by atoms with E-state index in [1.807, 2.05) is 13.0 Å². The van der Waals surface area contributed by atoms with Crippen molar-refractivity contribution in [2.45, 2.75) is 38.9 Å². The highest BCUT2D eigenvalue weighted by atomic mass is 32.2. The minimum atomic E-state index is -2.98. The molecule has 1 aromatic carbocycles. The lowest BCUT2D eigenvalue weighted by atomic mass is 10.2. The van der Waals surface area contributed by atoms with Gasteiger partial charge in [-0.3, -0.25) is 9.89 Å². The Hall–Kier alpha value is -1.60. The number of likely N-dealkylation sites (tertiary alicyclic amines) is 1. The number of hydrogen-bond donors (Lipinski definition) is 2. The zero-order valence-corrected chi connectivity index (χ0v) is 16.2. The molecule has 1 aromatic rings. The van der Waals surface area contributed by atoms with E-state index in [4.69, 9.17) is 0 Å². The van der Waals surface area contributed by atoms with Crippen LogP contribution >= 0.6 is 0 Å². The Kier molecular flexibility index (Phi) is 7.25. The summed E-state index contributed by atoms with van der Waals surface area (Å²) in [6.45, 7) is 7.18. The molecule has 1 fully saturated rings. The van der Waals surface area contributed by atoms with Crippen molar-refractivity contribution in [1.82, 2.24) is 15.5 Å². The molecule has 6 nitrogen and oxygen atoms in total. The van der Waals surface area contributed by atoms with Gasteiger partial charge in [0, 0.05) is 38.0 Å². The number of rotatable bonds is 7. The highest BCUT2D eigenvalue weighted by Gasteiger charge is 2.29. The Morgan fingerprint density at radius 3 is 2.68 bits per heavy atom. The maximum absolute atomic E-state index is 11.3. The first-order valence-electron chi connectivity index (χ1n) is 8.88. The molecule has 1 saturated heterocycles. The molecule has 2 atom stereocenters. The Morgan fingerprint density at radius 1 is 1.32 bits per heavy atom. The van der Waals surface area contributed by atoms with Gasteiger partial charge in [-0.25, -0.2) is 8.42 Å². The molecule has 0 saturated carbocycles. The van der Waals surface area contributed by atoms with Crippen LogP contribution in [0.4, 0.5) is 0 Å². The van der Waals surface area contributed by atoms with Crippen LogP contribution in [0.25, 0.3) is 0 Å². The van der Waals surface area contributed by atoms with Gasteiger partial charge in [-0.05, 0) is 25.8 Å². The lowest BCUT2D eigenvalue weighted by molar-refractivity contribution is 0.258. The standard InChI is InChI=1S/C18H30N4O2S/c1-4-19-18(20-10-11-25(3,23)24)21-17-12-15(2)22(14-17)13-16-8-6-5-7-9-16/h5-9,15,17H,4,10-14H2,1-3H3,(H2,19,20,21). The predicted octanol–water partition coefficient (Wildman–Crippen LogP) is 1.25. The van der Waals surface area contributed by atoms with E-state index >= 15 is 0 Å². The molecule has 1 aliphatic heterocycles. The van der Waals surface area contributed by atoms with Crippen LogP contribution in [0.15, 0.2) is 35.3 Å². The fourth-order valence-corrected chi connectivity index (χ4v) is 3.50. The molecule has 1 aliphatic rings. The van der Waals surface area contributed by atoms with Gasteiger partial charge in [0.25, 0.3) is 0 Å². The smallest absolute Gasteiger partial charge is 0.191 e. The lowest BCUT2D eigenvalue weighted by Gasteiger charge is -2.21. The van der Waals surface area contributed by atoms with E-state index in [9.17, 15) is 8.42 Å². The third-order valence-corrected chi connectivity index (χ3v) is 5.27. The number of hydrogen-bond acceptors (Lipinski definition) is 4. The normalized spacial score (nSPS) is 22.1. The van der Waals surface area contributed by atoms with Gasteiger partial charge in [0.1, 0.15) is 9.84 Å². The first-order chi connectivity index (χ1) is 11.9. The van der Waals surface area contributed by atoms with Crippen LogP contribution < -0.4 is 10.6 Å². The van der Waals surface area contributed by atoms with Crippen LogP contribution in [0.3, 0.4) is 0 Å². The Bertz CT molecular complexity index is 661. The van der Waals surface area contributed by atoms with E-state index in [-0.39, 0.29) is 12.3 Å². The fourth-order valence-electron chi connectivity index (χ4n) is 3.08. The van der Waals surface area contributed by atoms with Gasteiger partial charge < -0.3 is 10.6 Å². The summed E-state index contributed by atoms with van der Waals surface area (Å²) in [6, 6.07) is 11.3. The van der Waals surface area contributed by atoms with Gasteiger partial charge in [-0.1, -0.05) is 30.3 Å². The predicted molar refractivity (Wildman–Crippen MR) is 104 cm³/mol. The minimum Gasteiger partial charge on any atom is -0.357 e. The number of nitrogens with one attached hydrogen (secondary N) is 2. The SMILES string of the molecule is CCNC(=NCCS(C)(=O)=O)NC1CC(C)N(Cc2ccccc2)C1. The fraction of sp³-hybridized carbons (Fsp3) is 0.611. The van der Waals surface area contributed by atoms with E-state index in [0.29, 0.717) is 18.0 Å². The van der Waals surface area contributed by atoms with E-state index < -0.39 is 9.84 Å². The van der Waals surface area contributed by atoms with Gasteiger partial charge in [0.2, 0.25) is 0 Å². The maximum Gasteiger partial charge on any atom is 0.191 e. The van der Waals surface area contributed by atoms with Gasteiger partial charge in [-0.2, -0.15) is 0 Å². The summed E-state index contributed by atoms with van der Waals surface area (Å²) in [4.78, 5) is 6.86. The average molecular weight is 367 g/mol. The molecule has 1 heterocycles. The molecule has 0 spiro atoms. The quantitative estimate of drug-likeness (QED) is 0.561. The number of nitrogens with zero attached hydrogens (tertiary/aromatic N) is 2. The molecular weight excluding hydrogens is 336 g/mol. The average Bonchev–Trinajstić information content (AvgIpc) is 2.87. The van der Waals surface area contributed by atoms with E-state index in [1.54, 1.807) is 0 Å². The summed E-state index contributed by atoms with van der Waals surface area (Å²) in [7, 11) is -2.98. The van der Waals surface area contributed by atoms with Crippen molar-refractivity contribution in [3.8, 4) is 0 Å². The van der Waals surface area contributed by atoms with E-state index in [1.165, 1.54) is 11.8 Å². The van der Waals surface area contributed by atoms with Crippen molar-refractivity contribution in [3.05, 3.63) is 35.9 Å². The molecule has 0 bridgehead atoms. The minimum absolute atomic E-state index is 0.0742. The summed E-state index contributed by atoms with van der Waals surface area (Å²) in [5, 5.41) is 6.65. The molecule has 140 valence electrons. The molecule has 0 aliphatic carbocycles. The summed E-state index contributed by atoms with van der Waals surface area (Å²) in [6.07, 6.45) is 2.28. The second-order valence-electron chi connectivity index (χ2n) is 6.73. The molecule has 2 N–H and O–H groups in total. The van der Waals surface area contributed by atoms with Crippen molar-refractivity contribution < 1.29 is 8.42 Å². The van der Waals surface area contributed by atoms with Crippen LogP contribution in [0, 0.1) is 0 Å². The zero-order chi connectivity index (χ0) is 18.3. The summed E-state index contributed by atoms with van der Waals surface area (Å²) in [5.74, 6) is 0.773. The third kappa shape index (κ3) is 7.04. The van der Waals surface area contributed by atoms with Crippen LogP contribution in [-0.2, 0) is 16.4 Å². The maximum atomic E-state index is 11.3. The van der Waals surface area contributed by atoms with Gasteiger partial charge in [0.15, 0.2) is 5.96 Å². The lowest BCUT2D eigenvalue weighted by Crippen LogP contribution is -2.44. The Labute approximate surface area is 151 Å². The largest absolute Gasteiger partial charge is 0.357 e. The zero-order valence-electron chi connectivity index (χ0n) is 15.4. The Morgan fingerprint density at radius 2 is 2.04 bits per heavy atom. The van der Waals surface area contributed by atoms with Gasteiger partial charge >= 0.3 is 0 Å². The topological polar surface area (TPSA) is 73.8 Å². The van der Waals surface area contributed by atoms with Crippen molar-refractivity contribution in [3.63, 3.8) is 0 Å². The third-order valence-electron chi connectivity index (χ3n) is 4.35. The van der Waals surface area contributed by atoms with Gasteiger partial charge in [0.05, 0.1) is 12.3 Å². The van der Waals surface area contributed by atoms with Crippen LogP contribution in [0.1, 0.15) is 25.8 Å². The molecule has 2 rings (SSSR count). The highest BCUT2D eigenvalue weighted by molar-refractivity contribution is 7.90. The molecule has 7 heteroatoms. The number of aliphatic imine (C=N–C) groups is 1. The summed E-state index contributed by atoms with van der Waals surface area (Å²) in [5.41, 5.74) is 1.32. The summed E-state index contributed by atoms with van der Waals surface area (Å²) >= 11 is 0. The van der Waals surface area contributed by atoms with Crippen molar-refractivity contribution in [2.75, 3.05) is 31.6 Å². The second kappa shape index (κ2) is 9.20. The van der Waals surface area contributed by atoms with Crippen LogP contribution in [0.2, 0.25) is 0 Å². The summed E-state index contributed by atoms with van der Waals surface area (Å²) < 4.78 is 22.5. The molecule has 2 unspecified atom stereocenters. The number of sulfone groups is 1.